The SMILES string of the molecule is Cc1cc(C)c(SNCc2nccn2C)cc1Nc1nc2ccc(F)cc2c2c(=O)[nH]ccc12. The van der Waals surface area contributed by atoms with E-state index in [1.165, 1.54) is 24.1 Å². The quantitative estimate of drug-likeness (QED) is 0.234. The van der Waals surface area contributed by atoms with E-state index in [0.29, 0.717) is 34.0 Å². The van der Waals surface area contributed by atoms with Gasteiger partial charge in [0.2, 0.25) is 0 Å². The largest absolute Gasteiger partial charge is 0.339 e. The molecular formula is C25H23FN6OS. The van der Waals surface area contributed by atoms with Crippen LogP contribution in [0, 0.1) is 19.7 Å². The summed E-state index contributed by atoms with van der Waals surface area (Å²) < 4.78 is 19.3. The predicted octanol–water partition coefficient (Wildman–Crippen LogP) is 5.11. The molecule has 0 radical (unpaired) electrons. The van der Waals surface area contributed by atoms with Gasteiger partial charge in [0.05, 0.1) is 17.4 Å². The van der Waals surface area contributed by atoms with Crippen LogP contribution in [0.5, 0.6) is 0 Å². The van der Waals surface area contributed by atoms with Crippen LogP contribution in [0.25, 0.3) is 21.7 Å². The molecule has 0 fully saturated rings. The van der Waals surface area contributed by atoms with Crippen molar-refractivity contribution in [3.05, 3.63) is 88.1 Å². The van der Waals surface area contributed by atoms with Gasteiger partial charge in [0, 0.05) is 47.0 Å². The first kappa shape index (κ1) is 22.1. The summed E-state index contributed by atoms with van der Waals surface area (Å²) in [6, 6.07) is 10.2. The highest BCUT2D eigenvalue weighted by Crippen LogP contribution is 2.33. The Bertz CT molecular complexity index is 1590. The Morgan fingerprint density at radius 2 is 1.97 bits per heavy atom. The minimum absolute atomic E-state index is 0.283. The molecule has 0 amide bonds. The number of nitrogens with zero attached hydrogens (tertiary/aromatic N) is 3. The van der Waals surface area contributed by atoms with Crippen molar-refractivity contribution in [1.82, 2.24) is 24.2 Å². The molecule has 0 saturated carbocycles. The van der Waals surface area contributed by atoms with Gasteiger partial charge in [-0.2, -0.15) is 0 Å². The molecule has 5 rings (SSSR count). The minimum atomic E-state index is -0.409. The summed E-state index contributed by atoms with van der Waals surface area (Å²) in [5.41, 5.74) is 3.33. The maximum Gasteiger partial charge on any atom is 0.256 e. The first-order chi connectivity index (χ1) is 16.4. The van der Waals surface area contributed by atoms with E-state index in [9.17, 15) is 9.18 Å². The monoisotopic (exact) mass is 474 g/mol. The highest BCUT2D eigenvalue weighted by atomic mass is 32.2. The number of fused-ring (bicyclic) bond motifs is 3. The molecular weight excluding hydrogens is 451 g/mol. The van der Waals surface area contributed by atoms with Crippen LogP contribution in [0.1, 0.15) is 17.0 Å². The third kappa shape index (κ3) is 4.15. The van der Waals surface area contributed by atoms with Crippen molar-refractivity contribution in [2.45, 2.75) is 25.3 Å². The summed E-state index contributed by atoms with van der Waals surface area (Å²) in [4.78, 5) is 25.5. The van der Waals surface area contributed by atoms with Crippen molar-refractivity contribution >= 4 is 45.1 Å². The highest BCUT2D eigenvalue weighted by molar-refractivity contribution is 7.97. The molecule has 9 heteroatoms. The number of pyridine rings is 2. The second kappa shape index (κ2) is 8.92. The van der Waals surface area contributed by atoms with Gasteiger partial charge in [0.25, 0.3) is 5.56 Å². The van der Waals surface area contributed by atoms with Gasteiger partial charge in [0.1, 0.15) is 17.5 Å². The first-order valence-electron chi connectivity index (χ1n) is 10.8. The average molecular weight is 475 g/mol. The van der Waals surface area contributed by atoms with Crippen LogP contribution in [0.2, 0.25) is 0 Å². The summed E-state index contributed by atoms with van der Waals surface area (Å²) in [5, 5.41) is 4.94. The Hall–Kier alpha value is -3.69. The molecule has 0 aliphatic carbocycles. The number of benzene rings is 2. The summed E-state index contributed by atoms with van der Waals surface area (Å²) in [6.45, 7) is 4.72. The lowest BCUT2D eigenvalue weighted by molar-refractivity contribution is 0.629. The van der Waals surface area contributed by atoms with E-state index < -0.39 is 5.82 Å². The number of rotatable bonds is 6. The van der Waals surface area contributed by atoms with Crippen molar-refractivity contribution in [2.75, 3.05) is 5.32 Å². The maximum absolute atomic E-state index is 13.9. The summed E-state index contributed by atoms with van der Waals surface area (Å²) in [5.74, 6) is 1.09. The second-order valence-electron chi connectivity index (χ2n) is 8.15. The summed E-state index contributed by atoms with van der Waals surface area (Å²) in [7, 11) is 1.97. The molecule has 0 aliphatic rings. The fraction of sp³-hybridized carbons (Fsp3) is 0.160. The number of imidazole rings is 1. The van der Waals surface area contributed by atoms with Crippen molar-refractivity contribution in [2.24, 2.45) is 7.05 Å². The van der Waals surface area contributed by atoms with Crippen LogP contribution in [0.3, 0.4) is 0 Å². The average Bonchev–Trinajstić information content (AvgIpc) is 3.21. The number of H-pyrrole nitrogens is 1. The number of hydrogen-bond acceptors (Lipinski definition) is 6. The molecule has 0 saturated heterocycles. The van der Waals surface area contributed by atoms with Crippen LogP contribution >= 0.6 is 11.9 Å². The standard InChI is InChI=1S/C25H23FN6OS/c1-14-10-15(2)21(34-29-13-22-27-8-9-32(22)3)12-20(14)31-24-17-6-7-28-25(33)23(17)18-11-16(26)4-5-19(18)30-24/h4-12,29H,13H2,1-3H3,(H,28,33)(H,30,31). The van der Waals surface area contributed by atoms with E-state index in [1.807, 2.05) is 24.7 Å². The Morgan fingerprint density at radius 1 is 1.12 bits per heavy atom. The zero-order valence-corrected chi connectivity index (χ0v) is 19.8. The second-order valence-corrected chi connectivity index (χ2v) is 9.09. The normalized spacial score (nSPS) is 11.4. The fourth-order valence-corrected chi connectivity index (χ4v) is 4.73. The van der Waals surface area contributed by atoms with E-state index in [2.05, 4.69) is 39.1 Å². The van der Waals surface area contributed by atoms with Gasteiger partial charge in [-0.1, -0.05) is 6.07 Å². The van der Waals surface area contributed by atoms with Gasteiger partial charge in [-0.05, 0) is 67.3 Å². The molecule has 0 aliphatic heterocycles. The van der Waals surface area contributed by atoms with E-state index in [1.54, 1.807) is 24.5 Å². The molecule has 7 nitrogen and oxygen atoms in total. The van der Waals surface area contributed by atoms with E-state index in [4.69, 9.17) is 4.98 Å². The van der Waals surface area contributed by atoms with Gasteiger partial charge in [-0.15, -0.1) is 0 Å². The van der Waals surface area contributed by atoms with Gasteiger partial charge in [0.15, 0.2) is 0 Å². The van der Waals surface area contributed by atoms with E-state index >= 15 is 0 Å². The third-order valence-corrected chi connectivity index (χ3v) is 6.73. The van der Waals surface area contributed by atoms with Gasteiger partial charge < -0.3 is 14.9 Å². The molecule has 3 N–H and O–H groups in total. The summed E-state index contributed by atoms with van der Waals surface area (Å²) >= 11 is 1.54. The molecule has 3 heterocycles. The van der Waals surface area contributed by atoms with Crippen molar-refractivity contribution in [3.8, 4) is 0 Å². The van der Waals surface area contributed by atoms with Crippen LogP contribution in [-0.2, 0) is 13.6 Å². The molecule has 172 valence electrons. The fourth-order valence-electron chi connectivity index (χ4n) is 3.97. The molecule has 5 aromatic rings. The molecule has 0 bridgehead atoms. The predicted molar refractivity (Wildman–Crippen MR) is 135 cm³/mol. The van der Waals surface area contributed by atoms with Gasteiger partial charge >= 0.3 is 0 Å². The number of hydrogen-bond donors (Lipinski definition) is 3. The number of aromatic nitrogens is 4. The van der Waals surface area contributed by atoms with Crippen molar-refractivity contribution < 1.29 is 4.39 Å². The zero-order chi connectivity index (χ0) is 23.8. The first-order valence-corrected chi connectivity index (χ1v) is 11.6. The van der Waals surface area contributed by atoms with Crippen LogP contribution < -0.4 is 15.6 Å². The topological polar surface area (TPSA) is 87.6 Å². The number of aryl methyl sites for hydroxylation is 3. The molecule has 0 atom stereocenters. The Labute approximate surface area is 199 Å². The number of aromatic amines is 1. The van der Waals surface area contributed by atoms with Crippen LogP contribution in [0.4, 0.5) is 15.9 Å². The molecule has 34 heavy (non-hydrogen) atoms. The van der Waals surface area contributed by atoms with E-state index in [0.717, 1.165) is 27.5 Å². The lowest BCUT2D eigenvalue weighted by Gasteiger charge is -2.16. The molecule has 3 aromatic heterocycles. The molecule has 0 unspecified atom stereocenters. The Morgan fingerprint density at radius 3 is 2.76 bits per heavy atom. The highest BCUT2D eigenvalue weighted by Gasteiger charge is 2.14. The van der Waals surface area contributed by atoms with Crippen LogP contribution in [0.15, 0.2) is 64.7 Å². The number of nitrogens with one attached hydrogen (secondary N) is 3. The minimum Gasteiger partial charge on any atom is -0.339 e. The number of halogens is 1. The lowest BCUT2D eigenvalue weighted by atomic mass is 10.1. The molecule has 0 spiro atoms. The lowest BCUT2D eigenvalue weighted by Crippen LogP contribution is -2.09. The smallest absolute Gasteiger partial charge is 0.256 e. The zero-order valence-electron chi connectivity index (χ0n) is 18.9. The Kier molecular flexibility index (Phi) is 5.80. The van der Waals surface area contributed by atoms with Crippen molar-refractivity contribution in [1.29, 1.82) is 0 Å². The summed E-state index contributed by atoms with van der Waals surface area (Å²) in [6.07, 6.45) is 5.27. The van der Waals surface area contributed by atoms with Crippen molar-refractivity contribution in [3.63, 3.8) is 0 Å². The maximum atomic E-state index is 13.9. The van der Waals surface area contributed by atoms with Gasteiger partial charge in [-0.3, -0.25) is 9.52 Å². The van der Waals surface area contributed by atoms with Gasteiger partial charge in [-0.25, -0.2) is 14.4 Å². The van der Waals surface area contributed by atoms with E-state index in [-0.39, 0.29) is 5.56 Å². The number of anilines is 2. The van der Waals surface area contributed by atoms with Crippen LogP contribution in [-0.4, -0.2) is 19.5 Å². The third-order valence-electron chi connectivity index (χ3n) is 5.78. The Balaban J connectivity index is 1.51. The molecule has 2 aromatic carbocycles.